The van der Waals surface area contributed by atoms with Gasteiger partial charge in [-0.2, -0.15) is 0 Å². The first-order valence-electron chi connectivity index (χ1n) is 6.53. The Morgan fingerprint density at radius 2 is 1.90 bits per heavy atom. The van der Waals surface area contributed by atoms with Crippen molar-refractivity contribution in [1.29, 1.82) is 0 Å². The summed E-state index contributed by atoms with van der Waals surface area (Å²) in [6.45, 7) is 2.49. The van der Waals surface area contributed by atoms with Gasteiger partial charge in [-0.05, 0) is 55.8 Å². The highest BCUT2D eigenvalue weighted by molar-refractivity contribution is 7.90. The number of ether oxygens (including phenoxy) is 1. The molecule has 21 heavy (non-hydrogen) atoms. The van der Waals surface area contributed by atoms with Crippen molar-refractivity contribution >= 4 is 9.84 Å². The van der Waals surface area contributed by atoms with E-state index in [1.54, 1.807) is 18.3 Å². The quantitative estimate of drug-likeness (QED) is 0.914. The molecule has 2 rings (SSSR count). The number of aryl methyl sites for hydroxylation is 1. The summed E-state index contributed by atoms with van der Waals surface area (Å²) in [4.78, 5) is 4.53. The maximum Gasteiger partial charge on any atom is 0.222 e. The van der Waals surface area contributed by atoms with E-state index in [-0.39, 0.29) is 4.90 Å². The molecule has 0 aliphatic rings. The molecule has 6 heteroatoms. The Morgan fingerprint density at radius 1 is 1.24 bits per heavy atom. The van der Waals surface area contributed by atoms with E-state index in [1.165, 1.54) is 18.4 Å². The number of pyridine rings is 1. The first-order chi connectivity index (χ1) is 9.90. The average Bonchev–Trinajstić information content (AvgIpc) is 2.42. The molecule has 0 amide bonds. The summed E-state index contributed by atoms with van der Waals surface area (Å²) in [7, 11) is -3.20. The van der Waals surface area contributed by atoms with Crippen LogP contribution in [0.25, 0.3) is 0 Å². The Hall–Kier alpha value is -1.92. The van der Waals surface area contributed by atoms with E-state index in [4.69, 9.17) is 10.5 Å². The summed E-state index contributed by atoms with van der Waals surface area (Å²) in [6, 6.07) is 8.25. The topological polar surface area (TPSA) is 82.3 Å². The Morgan fingerprint density at radius 3 is 2.43 bits per heavy atom. The van der Waals surface area contributed by atoms with Gasteiger partial charge in [0.15, 0.2) is 9.84 Å². The van der Waals surface area contributed by atoms with E-state index in [0.717, 1.165) is 17.5 Å². The van der Waals surface area contributed by atoms with E-state index in [9.17, 15) is 8.42 Å². The van der Waals surface area contributed by atoms with Gasteiger partial charge in [0, 0.05) is 18.0 Å². The minimum absolute atomic E-state index is 0.262. The van der Waals surface area contributed by atoms with Crippen molar-refractivity contribution in [3.05, 3.63) is 47.7 Å². The summed E-state index contributed by atoms with van der Waals surface area (Å²) >= 11 is 0. The van der Waals surface area contributed by atoms with Crippen molar-refractivity contribution in [3.8, 4) is 11.6 Å². The monoisotopic (exact) mass is 306 g/mol. The lowest BCUT2D eigenvalue weighted by Gasteiger charge is -2.09. The highest BCUT2D eigenvalue weighted by Crippen LogP contribution is 2.24. The van der Waals surface area contributed by atoms with Crippen LogP contribution in [0.15, 0.2) is 41.4 Å². The molecule has 112 valence electrons. The number of aromatic nitrogens is 1. The molecule has 5 nitrogen and oxygen atoms in total. The third-order valence-corrected chi connectivity index (χ3v) is 4.11. The highest BCUT2D eigenvalue weighted by atomic mass is 32.2. The minimum atomic E-state index is -3.20. The third kappa shape index (κ3) is 4.03. The minimum Gasteiger partial charge on any atom is -0.439 e. The fourth-order valence-corrected chi connectivity index (χ4v) is 2.53. The predicted octanol–water partition coefficient (Wildman–Crippen LogP) is 2.09. The van der Waals surface area contributed by atoms with Crippen molar-refractivity contribution in [3.63, 3.8) is 0 Å². The van der Waals surface area contributed by atoms with Crippen molar-refractivity contribution < 1.29 is 13.2 Å². The van der Waals surface area contributed by atoms with Crippen LogP contribution in [0.3, 0.4) is 0 Å². The zero-order valence-corrected chi connectivity index (χ0v) is 12.9. The molecule has 0 aliphatic carbocycles. The zero-order valence-electron chi connectivity index (χ0n) is 12.0. The number of nitrogens with zero attached hydrogens (tertiary/aromatic N) is 1. The standard InChI is InChI=1S/C15H18N2O3S/c1-11-9-12(7-8-16)10-17-15(11)20-13-3-5-14(6-4-13)21(2,18)19/h3-6,9-10H,7-8,16H2,1-2H3. The molecule has 0 aliphatic heterocycles. The van der Waals surface area contributed by atoms with Gasteiger partial charge in [-0.1, -0.05) is 0 Å². The third-order valence-electron chi connectivity index (χ3n) is 2.99. The smallest absolute Gasteiger partial charge is 0.222 e. The maximum absolute atomic E-state index is 11.4. The first-order valence-corrected chi connectivity index (χ1v) is 8.43. The van der Waals surface area contributed by atoms with Crippen molar-refractivity contribution in [1.82, 2.24) is 4.98 Å². The van der Waals surface area contributed by atoms with Crippen molar-refractivity contribution in [2.75, 3.05) is 12.8 Å². The zero-order chi connectivity index (χ0) is 15.5. The Bertz CT molecular complexity index is 725. The van der Waals surface area contributed by atoms with Crippen LogP contribution < -0.4 is 10.5 Å². The number of sulfone groups is 1. The van der Waals surface area contributed by atoms with Crippen LogP contribution in [0.5, 0.6) is 11.6 Å². The molecule has 0 spiro atoms. The molecular formula is C15H18N2O3S. The van der Waals surface area contributed by atoms with Crippen LogP contribution >= 0.6 is 0 Å². The van der Waals surface area contributed by atoms with Gasteiger partial charge in [-0.25, -0.2) is 13.4 Å². The maximum atomic E-state index is 11.4. The molecule has 0 radical (unpaired) electrons. The number of nitrogens with two attached hydrogens (primary N) is 1. The van der Waals surface area contributed by atoms with Crippen LogP contribution in [-0.4, -0.2) is 26.2 Å². The molecule has 0 saturated heterocycles. The second kappa shape index (κ2) is 6.24. The Kier molecular flexibility index (Phi) is 4.59. The Labute approximate surface area is 124 Å². The van der Waals surface area contributed by atoms with Gasteiger partial charge in [-0.15, -0.1) is 0 Å². The summed E-state index contributed by atoms with van der Waals surface area (Å²) in [6.07, 6.45) is 3.68. The average molecular weight is 306 g/mol. The van der Waals surface area contributed by atoms with Crippen LogP contribution in [0, 0.1) is 6.92 Å². The molecule has 1 heterocycles. The van der Waals surface area contributed by atoms with Crippen molar-refractivity contribution in [2.24, 2.45) is 5.73 Å². The largest absolute Gasteiger partial charge is 0.439 e. The molecule has 1 aromatic carbocycles. The van der Waals surface area contributed by atoms with Gasteiger partial charge in [-0.3, -0.25) is 0 Å². The highest BCUT2D eigenvalue weighted by Gasteiger charge is 2.08. The molecule has 0 saturated carbocycles. The van der Waals surface area contributed by atoms with Gasteiger partial charge in [0.05, 0.1) is 4.90 Å². The number of benzene rings is 1. The lowest BCUT2D eigenvalue weighted by Crippen LogP contribution is -2.03. The van der Waals surface area contributed by atoms with Crippen molar-refractivity contribution in [2.45, 2.75) is 18.2 Å². The fraction of sp³-hybridized carbons (Fsp3) is 0.267. The fourth-order valence-electron chi connectivity index (χ4n) is 1.90. The van der Waals surface area contributed by atoms with Crippen LogP contribution in [0.1, 0.15) is 11.1 Å². The van der Waals surface area contributed by atoms with E-state index in [1.807, 2.05) is 13.0 Å². The summed E-state index contributed by atoms with van der Waals surface area (Å²) in [5.41, 5.74) is 7.49. The van der Waals surface area contributed by atoms with Gasteiger partial charge >= 0.3 is 0 Å². The molecule has 1 aromatic heterocycles. The molecule has 0 bridgehead atoms. The van der Waals surface area contributed by atoms with Gasteiger partial charge in [0.2, 0.25) is 5.88 Å². The number of rotatable bonds is 5. The number of hydrogen-bond donors (Lipinski definition) is 1. The summed E-state index contributed by atoms with van der Waals surface area (Å²) < 4.78 is 28.5. The molecular weight excluding hydrogens is 288 g/mol. The predicted molar refractivity (Wildman–Crippen MR) is 81.4 cm³/mol. The molecule has 0 unspecified atom stereocenters. The molecule has 2 N–H and O–H groups in total. The van der Waals surface area contributed by atoms with E-state index in [2.05, 4.69) is 4.98 Å². The van der Waals surface area contributed by atoms with Gasteiger partial charge in [0.1, 0.15) is 5.75 Å². The molecule has 2 aromatic rings. The van der Waals surface area contributed by atoms with Crippen LogP contribution in [0.4, 0.5) is 0 Å². The second-order valence-corrected chi connectivity index (χ2v) is 6.87. The first kappa shape index (κ1) is 15.5. The molecule has 0 atom stereocenters. The Balaban J connectivity index is 2.18. The summed E-state index contributed by atoms with van der Waals surface area (Å²) in [5, 5.41) is 0. The SMILES string of the molecule is Cc1cc(CCN)cnc1Oc1ccc(S(C)(=O)=O)cc1. The normalized spacial score (nSPS) is 11.4. The van der Waals surface area contributed by atoms with E-state index < -0.39 is 9.84 Å². The van der Waals surface area contributed by atoms with Gasteiger partial charge < -0.3 is 10.5 Å². The van der Waals surface area contributed by atoms with E-state index >= 15 is 0 Å². The van der Waals surface area contributed by atoms with Crippen LogP contribution in [-0.2, 0) is 16.3 Å². The molecule has 0 fully saturated rings. The van der Waals surface area contributed by atoms with E-state index in [0.29, 0.717) is 18.2 Å². The van der Waals surface area contributed by atoms with Crippen LogP contribution in [0.2, 0.25) is 0 Å². The lowest BCUT2D eigenvalue weighted by molar-refractivity contribution is 0.458. The lowest BCUT2D eigenvalue weighted by atomic mass is 10.1. The summed E-state index contributed by atoms with van der Waals surface area (Å²) in [5.74, 6) is 1.05. The number of hydrogen-bond acceptors (Lipinski definition) is 5. The van der Waals surface area contributed by atoms with Gasteiger partial charge in [0.25, 0.3) is 0 Å². The second-order valence-electron chi connectivity index (χ2n) is 4.85.